The zero-order valence-corrected chi connectivity index (χ0v) is 17.6. The summed E-state index contributed by atoms with van der Waals surface area (Å²) in [6.07, 6.45) is 3.30. The second kappa shape index (κ2) is 8.18. The van der Waals surface area contributed by atoms with E-state index in [1.807, 2.05) is 0 Å². The van der Waals surface area contributed by atoms with Crippen molar-refractivity contribution in [3.05, 3.63) is 35.8 Å². The highest BCUT2D eigenvalue weighted by Gasteiger charge is 2.52. The van der Waals surface area contributed by atoms with E-state index in [0.29, 0.717) is 23.3 Å². The fourth-order valence-corrected chi connectivity index (χ4v) is 5.15. The van der Waals surface area contributed by atoms with Crippen LogP contribution in [0.25, 0.3) is 10.4 Å². The van der Waals surface area contributed by atoms with Crippen LogP contribution in [-0.2, 0) is 19.1 Å². The zero-order valence-electron chi connectivity index (χ0n) is 16.8. The van der Waals surface area contributed by atoms with Crippen LogP contribution in [0, 0.1) is 11.2 Å². The summed E-state index contributed by atoms with van der Waals surface area (Å²) in [6, 6.07) is 5.47. The number of carbonyl (C=O) groups excluding carboxylic acids is 4. The van der Waals surface area contributed by atoms with Crippen LogP contribution in [0.3, 0.4) is 0 Å². The lowest BCUT2D eigenvalue weighted by Crippen LogP contribution is -2.39. The number of nitrogens with one attached hydrogen (secondary N) is 1. The summed E-state index contributed by atoms with van der Waals surface area (Å²) in [5.74, 6) is -2.35. The van der Waals surface area contributed by atoms with E-state index in [1.165, 1.54) is 31.4 Å². The molecule has 2 aliphatic rings. The van der Waals surface area contributed by atoms with Crippen molar-refractivity contribution >= 4 is 40.2 Å². The molecule has 10 heteroatoms. The Bertz CT molecular complexity index is 1060. The third kappa shape index (κ3) is 3.95. The van der Waals surface area contributed by atoms with Crippen molar-refractivity contribution in [3.63, 3.8) is 0 Å². The first-order valence-electron chi connectivity index (χ1n) is 9.83. The van der Waals surface area contributed by atoms with E-state index in [0.717, 1.165) is 29.1 Å². The number of ether oxygens (including phenoxy) is 1. The number of esters is 1. The number of nitrogens with zero attached hydrogens (tertiary/aromatic N) is 2. The molecular weight excluding hydrogens is 425 g/mol. The number of halogens is 1. The van der Waals surface area contributed by atoms with Crippen molar-refractivity contribution in [3.8, 4) is 10.4 Å². The smallest absolute Gasteiger partial charge is 0.358 e. The number of carbonyl (C=O) groups is 4. The van der Waals surface area contributed by atoms with Crippen molar-refractivity contribution in [1.82, 2.24) is 9.88 Å². The Morgan fingerprint density at radius 2 is 1.90 bits per heavy atom. The highest BCUT2D eigenvalue weighted by molar-refractivity contribution is 7.19. The predicted molar refractivity (Wildman–Crippen MR) is 110 cm³/mol. The molecule has 1 saturated carbocycles. The minimum absolute atomic E-state index is 0.0207. The van der Waals surface area contributed by atoms with Crippen LogP contribution in [0.1, 0.15) is 42.6 Å². The molecule has 162 valence electrons. The molecule has 0 bridgehead atoms. The van der Waals surface area contributed by atoms with Gasteiger partial charge in [-0.1, -0.05) is 36.3 Å². The SMILES string of the molecule is COC(=O)c1nc(NC(=O)CN2C(=O)CC3(CCCC3)C2=O)sc1-c1ccc(F)cc1. The molecule has 31 heavy (non-hydrogen) atoms. The standard InChI is InChI=1S/C21H20FN3O5S/c1-30-18(28)16-17(12-4-6-13(22)7-5-12)31-20(24-16)23-14(26)11-25-15(27)10-21(19(25)29)8-2-3-9-21/h4-7H,2-3,8-11H2,1H3,(H,23,24,26). The molecule has 1 aliphatic carbocycles. The van der Waals surface area contributed by atoms with E-state index < -0.39 is 29.7 Å². The number of imide groups is 1. The average Bonchev–Trinajstić information content (AvgIpc) is 3.44. The van der Waals surface area contributed by atoms with Crippen molar-refractivity contribution < 1.29 is 28.3 Å². The molecule has 0 radical (unpaired) electrons. The number of benzene rings is 1. The predicted octanol–water partition coefficient (Wildman–Crippen LogP) is 2.99. The zero-order chi connectivity index (χ0) is 22.2. The summed E-state index contributed by atoms with van der Waals surface area (Å²) in [4.78, 5) is 55.3. The van der Waals surface area contributed by atoms with E-state index in [2.05, 4.69) is 10.3 Å². The molecule has 1 aromatic carbocycles. The van der Waals surface area contributed by atoms with Crippen LogP contribution in [0.4, 0.5) is 9.52 Å². The van der Waals surface area contributed by atoms with Crippen LogP contribution in [0.2, 0.25) is 0 Å². The Labute approximate surface area is 181 Å². The number of methoxy groups -OCH3 is 1. The van der Waals surface area contributed by atoms with Crippen LogP contribution < -0.4 is 5.32 Å². The average molecular weight is 445 g/mol. The van der Waals surface area contributed by atoms with E-state index in [1.54, 1.807) is 0 Å². The molecule has 2 heterocycles. The molecule has 1 aliphatic heterocycles. The lowest BCUT2D eigenvalue weighted by atomic mass is 9.84. The first-order valence-corrected chi connectivity index (χ1v) is 10.6. The highest BCUT2D eigenvalue weighted by Crippen LogP contribution is 2.46. The van der Waals surface area contributed by atoms with Gasteiger partial charge in [-0.25, -0.2) is 14.2 Å². The number of likely N-dealkylation sites (tertiary alicyclic amines) is 1. The molecule has 0 unspecified atom stereocenters. The molecule has 2 aromatic rings. The van der Waals surface area contributed by atoms with Crippen LogP contribution in [0.15, 0.2) is 24.3 Å². The third-order valence-electron chi connectivity index (χ3n) is 5.71. The van der Waals surface area contributed by atoms with E-state index in [-0.39, 0.29) is 29.1 Å². The molecule has 3 amide bonds. The van der Waals surface area contributed by atoms with Gasteiger partial charge in [0.1, 0.15) is 12.4 Å². The maximum Gasteiger partial charge on any atom is 0.358 e. The van der Waals surface area contributed by atoms with Gasteiger partial charge in [0.15, 0.2) is 10.8 Å². The Kier molecular flexibility index (Phi) is 5.57. The second-order valence-electron chi connectivity index (χ2n) is 7.69. The highest BCUT2D eigenvalue weighted by atomic mass is 32.1. The van der Waals surface area contributed by atoms with Crippen molar-refractivity contribution in [2.24, 2.45) is 5.41 Å². The lowest BCUT2D eigenvalue weighted by molar-refractivity contribution is -0.143. The van der Waals surface area contributed by atoms with Crippen LogP contribution in [0.5, 0.6) is 0 Å². The van der Waals surface area contributed by atoms with Gasteiger partial charge in [0, 0.05) is 6.42 Å². The first kappa shape index (κ1) is 21.1. The lowest BCUT2D eigenvalue weighted by Gasteiger charge is -2.20. The summed E-state index contributed by atoms with van der Waals surface area (Å²) in [5.41, 5.74) is -0.132. The van der Waals surface area contributed by atoms with Crippen molar-refractivity contribution in [1.29, 1.82) is 0 Å². The molecule has 1 spiro atoms. The molecule has 1 N–H and O–H groups in total. The summed E-state index contributed by atoms with van der Waals surface area (Å²) >= 11 is 1.01. The summed E-state index contributed by atoms with van der Waals surface area (Å²) in [7, 11) is 1.21. The van der Waals surface area contributed by atoms with Crippen LogP contribution in [-0.4, -0.2) is 47.2 Å². The number of amides is 3. The number of rotatable bonds is 5. The Balaban J connectivity index is 1.52. The van der Waals surface area contributed by atoms with Gasteiger partial charge in [0.25, 0.3) is 0 Å². The maximum absolute atomic E-state index is 13.3. The Morgan fingerprint density at radius 1 is 1.23 bits per heavy atom. The molecule has 2 fully saturated rings. The van der Waals surface area contributed by atoms with Gasteiger partial charge >= 0.3 is 5.97 Å². The Hall–Kier alpha value is -3.14. The van der Waals surface area contributed by atoms with Gasteiger partial charge in [-0.2, -0.15) is 0 Å². The van der Waals surface area contributed by atoms with Gasteiger partial charge < -0.3 is 10.1 Å². The van der Waals surface area contributed by atoms with E-state index >= 15 is 0 Å². The summed E-state index contributed by atoms with van der Waals surface area (Å²) in [6.45, 7) is -0.404. The number of hydrogen-bond acceptors (Lipinski definition) is 7. The van der Waals surface area contributed by atoms with Gasteiger partial charge in [0.2, 0.25) is 17.7 Å². The topological polar surface area (TPSA) is 106 Å². The van der Waals surface area contributed by atoms with Gasteiger partial charge in [-0.15, -0.1) is 0 Å². The van der Waals surface area contributed by atoms with E-state index in [4.69, 9.17) is 4.74 Å². The molecule has 4 rings (SSSR count). The fourth-order valence-electron chi connectivity index (χ4n) is 4.17. The van der Waals surface area contributed by atoms with Gasteiger partial charge in [-0.05, 0) is 30.5 Å². The first-order chi connectivity index (χ1) is 14.8. The largest absolute Gasteiger partial charge is 0.464 e. The number of hydrogen-bond donors (Lipinski definition) is 1. The molecule has 8 nitrogen and oxygen atoms in total. The van der Waals surface area contributed by atoms with Gasteiger partial charge in [-0.3, -0.25) is 19.3 Å². The number of aromatic nitrogens is 1. The summed E-state index contributed by atoms with van der Waals surface area (Å²) in [5, 5.41) is 2.66. The third-order valence-corrected chi connectivity index (χ3v) is 6.73. The number of anilines is 1. The minimum atomic E-state index is -0.704. The maximum atomic E-state index is 13.3. The van der Waals surface area contributed by atoms with Crippen molar-refractivity contribution in [2.75, 3.05) is 19.0 Å². The normalized spacial score (nSPS) is 17.4. The second-order valence-corrected chi connectivity index (χ2v) is 8.69. The van der Waals surface area contributed by atoms with Crippen LogP contribution >= 0.6 is 11.3 Å². The molecule has 1 aromatic heterocycles. The van der Waals surface area contributed by atoms with Gasteiger partial charge in [0.05, 0.1) is 17.4 Å². The monoisotopic (exact) mass is 445 g/mol. The summed E-state index contributed by atoms with van der Waals surface area (Å²) < 4.78 is 18.0. The molecule has 0 atom stereocenters. The molecular formula is C21H20FN3O5S. The molecule has 1 saturated heterocycles. The minimum Gasteiger partial charge on any atom is -0.464 e. The van der Waals surface area contributed by atoms with Crippen molar-refractivity contribution in [2.45, 2.75) is 32.1 Å². The number of thiazole rings is 1. The fraction of sp³-hybridized carbons (Fsp3) is 0.381. The Morgan fingerprint density at radius 3 is 2.55 bits per heavy atom. The quantitative estimate of drug-likeness (QED) is 0.560. The van der Waals surface area contributed by atoms with E-state index in [9.17, 15) is 23.6 Å².